The highest BCUT2D eigenvalue weighted by Gasteiger charge is 2.24. The number of amides is 1. The summed E-state index contributed by atoms with van der Waals surface area (Å²) in [6.07, 6.45) is 3.04. The lowest BCUT2D eigenvalue weighted by Crippen LogP contribution is -2.45. The highest BCUT2D eigenvalue weighted by Crippen LogP contribution is 2.26. The lowest BCUT2D eigenvalue weighted by atomic mass is 10.1. The Balaban J connectivity index is 1.45. The highest BCUT2D eigenvalue weighted by atomic mass is 19.1. The molecule has 2 atom stereocenters. The van der Waals surface area contributed by atoms with Gasteiger partial charge in [-0.25, -0.2) is 9.37 Å². The normalized spacial score (nSPS) is 19.2. The predicted molar refractivity (Wildman–Crippen MR) is 109 cm³/mol. The molecule has 1 fully saturated rings. The largest absolute Gasteiger partial charge is 0.444 e. The summed E-state index contributed by atoms with van der Waals surface area (Å²) in [6.45, 7) is 5.21. The van der Waals surface area contributed by atoms with Crippen LogP contribution < -0.4 is 10.2 Å². The smallest absolute Gasteiger partial charge is 0.255 e. The lowest BCUT2D eigenvalue weighted by Gasteiger charge is -2.37. The third kappa shape index (κ3) is 4.30. The molecule has 1 aromatic heterocycles. The maximum atomic E-state index is 14.7. The van der Waals surface area contributed by atoms with Crippen LogP contribution in [0.4, 0.5) is 15.8 Å². The maximum absolute atomic E-state index is 14.7. The first-order valence-corrected chi connectivity index (χ1v) is 9.50. The number of aromatic nitrogens is 1. The Bertz CT molecular complexity index is 979. The van der Waals surface area contributed by atoms with Crippen LogP contribution in [0.5, 0.6) is 0 Å². The number of nitrogens with zero attached hydrogens (tertiary/aromatic N) is 2. The predicted octanol–water partition coefficient (Wildman–Crippen LogP) is 4.35. The second-order valence-corrected chi connectivity index (χ2v) is 7.23. The van der Waals surface area contributed by atoms with Crippen LogP contribution in [0.25, 0.3) is 11.3 Å². The molecule has 29 heavy (non-hydrogen) atoms. The molecular weight excluding hydrogens is 373 g/mol. The van der Waals surface area contributed by atoms with Crippen LogP contribution in [0.15, 0.2) is 59.5 Å². The zero-order chi connectivity index (χ0) is 20.4. The van der Waals surface area contributed by atoms with E-state index in [2.05, 4.69) is 10.3 Å². The fourth-order valence-corrected chi connectivity index (χ4v) is 3.56. The molecule has 0 radical (unpaired) electrons. The van der Waals surface area contributed by atoms with Crippen molar-refractivity contribution >= 4 is 17.3 Å². The fourth-order valence-electron chi connectivity index (χ4n) is 3.56. The fraction of sp³-hybridized carbons (Fsp3) is 0.273. The van der Waals surface area contributed by atoms with Gasteiger partial charge in [0.05, 0.1) is 24.1 Å². The van der Waals surface area contributed by atoms with E-state index in [4.69, 9.17) is 9.15 Å². The third-order valence-electron chi connectivity index (χ3n) is 4.83. The third-order valence-corrected chi connectivity index (χ3v) is 4.83. The van der Waals surface area contributed by atoms with Crippen LogP contribution in [0, 0.1) is 5.82 Å². The molecule has 0 spiro atoms. The standard InChI is InChI=1S/C22H22FN3O3/c1-14-11-26(12-15(2)29-14)20-8-7-18(9-19(20)23)25-22(27)17-5-3-16(4-6-17)21-10-24-13-28-21/h3-10,13-15H,11-12H2,1-2H3,(H,25,27). The quantitative estimate of drug-likeness (QED) is 0.712. The average molecular weight is 395 g/mol. The molecular formula is C22H22FN3O3. The number of oxazole rings is 1. The number of morpholine rings is 1. The minimum atomic E-state index is -0.371. The molecule has 0 bridgehead atoms. The number of ether oxygens (including phenoxy) is 1. The molecule has 3 aromatic rings. The number of rotatable bonds is 4. The maximum Gasteiger partial charge on any atom is 0.255 e. The Morgan fingerprint density at radius 3 is 2.48 bits per heavy atom. The summed E-state index contributed by atoms with van der Waals surface area (Å²) < 4.78 is 25.6. The Labute approximate surface area is 168 Å². The number of hydrogen-bond donors (Lipinski definition) is 1. The van der Waals surface area contributed by atoms with Crippen molar-refractivity contribution in [3.63, 3.8) is 0 Å². The first-order valence-electron chi connectivity index (χ1n) is 9.50. The van der Waals surface area contributed by atoms with Crippen molar-refractivity contribution in [3.05, 3.63) is 66.4 Å². The first kappa shape index (κ1) is 19.1. The number of nitrogens with one attached hydrogen (secondary N) is 1. The van der Waals surface area contributed by atoms with E-state index in [0.29, 0.717) is 35.8 Å². The van der Waals surface area contributed by atoms with E-state index < -0.39 is 0 Å². The van der Waals surface area contributed by atoms with Crippen LogP contribution in [0.2, 0.25) is 0 Å². The van der Waals surface area contributed by atoms with E-state index in [1.165, 1.54) is 12.5 Å². The zero-order valence-electron chi connectivity index (χ0n) is 16.3. The van der Waals surface area contributed by atoms with Gasteiger partial charge in [0, 0.05) is 29.9 Å². The van der Waals surface area contributed by atoms with Gasteiger partial charge in [-0.1, -0.05) is 12.1 Å². The van der Waals surface area contributed by atoms with Gasteiger partial charge in [-0.05, 0) is 44.2 Å². The van der Waals surface area contributed by atoms with Crippen LogP contribution in [0.1, 0.15) is 24.2 Å². The topological polar surface area (TPSA) is 67.6 Å². The summed E-state index contributed by atoms with van der Waals surface area (Å²) in [5, 5.41) is 2.74. The molecule has 7 heteroatoms. The second kappa shape index (κ2) is 8.05. The van der Waals surface area contributed by atoms with Crippen molar-refractivity contribution in [3.8, 4) is 11.3 Å². The van der Waals surface area contributed by atoms with E-state index in [1.807, 2.05) is 18.7 Å². The van der Waals surface area contributed by atoms with E-state index in [9.17, 15) is 9.18 Å². The van der Waals surface area contributed by atoms with Crippen LogP contribution in [-0.2, 0) is 4.74 Å². The highest BCUT2D eigenvalue weighted by molar-refractivity contribution is 6.04. The van der Waals surface area contributed by atoms with Crippen molar-refractivity contribution in [1.82, 2.24) is 4.98 Å². The number of carbonyl (C=O) groups excluding carboxylic acids is 1. The molecule has 2 heterocycles. The molecule has 1 N–H and O–H groups in total. The second-order valence-electron chi connectivity index (χ2n) is 7.23. The van der Waals surface area contributed by atoms with Gasteiger partial charge >= 0.3 is 0 Å². The van der Waals surface area contributed by atoms with Crippen molar-refractivity contribution in [2.75, 3.05) is 23.3 Å². The molecule has 6 nitrogen and oxygen atoms in total. The monoisotopic (exact) mass is 395 g/mol. The van der Waals surface area contributed by atoms with Gasteiger partial charge in [0.25, 0.3) is 5.91 Å². The van der Waals surface area contributed by atoms with Gasteiger partial charge in [0.1, 0.15) is 5.82 Å². The Kier molecular flexibility index (Phi) is 5.31. The van der Waals surface area contributed by atoms with Crippen molar-refractivity contribution in [2.45, 2.75) is 26.1 Å². The molecule has 0 aliphatic carbocycles. The molecule has 1 amide bonds. The Hall–Kier alpha value is -3.19. The number of carbonyl (C=O) groups is 1. The van der Waals surface area contributed by atoms with Crippen LogP contribution >= 0.6 is 0 Å². The first-order chi connectivity index (χ1) is 14.0. The van der Waals surface area contributed by atoms with Gasteiger partial charge in [-0.2, -0.15) is 0 Å². The minimum Gasteiger partial charge on any atom is -0.444 e. The van der Waals surface area contributed by atoms with Gasteiger partial charge in [-0.15, -0.1) is 0 Å². The SMILES string of the molecule is CC1CN(c2ccc(NC(=O)c3ccc(-c4cnco4)cc3)cc2F)CC(C)O1. The van der Waals surface area contributed by atoms with Gasteiger partial charge in [0.2, 0.25) is 0 Å². The molecule has 2 unspecified atom stereocenters. The number of anilines is 2. The minimum absolute atomic E-state index is 0.0393. The van der Waals surface area contributed by atoms with Gasteiger partial charge in [0.15, 0.2) is 12.2 Å². The van der Waals surface area contributed by atoms with Crippen LogP contribution in [-0.4, -0.2) is 36.2 Å². The van der Waals surface area contributed by atoms with Gasteiger partial charge < -0.3 is 19.4 Å². The van der Waals surface area contributed by atoms with Crippen molar-refractivity contribution in [1.29, 1.82) is 0 Å². The summed E-state index contributed by atoms with van der Waals surface area (Å²) in [7, 11) is 0. The molecule has 1 aliphatic rings. The number of hydrogen-bond acceptors (Lipinski definition) is 5. The van der Waals surface area contributed by atoms with Gasteiger partial charge in [-0.3, -0.25) is 4.79 Å². The molecule has 150 valence electrons. The van der Waals surface area contributed by atoms with E-state index in [0.717, 1.165) is 5.56 Å². The van der Waals surface area contributed by atoms with E-state index >= 15 is 0 Å². The summed E-state index contributed by atoms with van der Waals surface area (Å²) >= 11 is 0. The molecule has 1 saturated heterocycles. The average Bonchev–Trinajstić information content (AvgIpc) is 3.22. The van der Waals surface area contributed by atoms with Crippen LogP contribution in [0.3, 0.4) is 0 Å². The Morgan fingerprint density at radius 1 is 1.14 bits per heavy atom. The molecule has 0 saturated carbocycles. The Morgan fingerprint density at radius 2 is 1.86 bits per heavy atom. The zero-order valence-corrected chi connectivity index (χ0v) is 16.3. The summed E-state index contributed by atoms with van der Waals surface area (Å²) in [4.78, 5) is 18.4. The molecule has 2 aromatic carbocycles. The summed E-state index contributed by atoms with van der Waals surface area (Å²) in [5.41, 5.74) is 2.21. The summed E-state index contributed by atoms with van der Waals surface area (Å²) in [5.74, 6) is -0.0546. The van der Waals surface area contributed by atoms with Crippen molar-refractivity contribution in [2.24, 2.45) is 0 Å². The summed E-state index contributed by atoms with van der Waals surface area (Å²) in [6, 6.07) is 11.7. The number of benzene rings is 2. The van der Waals surface area contributed by atoms with Crippen molar-refractivity contribution < 1.29 is 18.3 Å². The number of halogens is 1. The lowest BCUT2D eigenvalue weighted by molar-refractivity contribution is -0.00539. The molecule has 4 rings (SSSR count). The van der Waals surface area contributed by atoms with E-state index in [1.54, 1.807) is 42.6 Å². The van der Waals surface area contributed by atoms with E-state index in [-0.39, 0.29) is 23.9 Å². The molecule has 1 aliphatic heterocycles.